The van der Waals surface area contributed by atoms with Gasteiger partial charge >= 0.3 is 5.97 Å². The molecule has 6 nitrogen and oxygen atoms in total. The van der Waals surface area contributed by atoms with Crippen LogP contribution < -0.4 is 0 Å². The molecule has 1 aromatic rings. The van der Waals surface area contributed by atoms with E-state index < -0.39 is 22.1 Å². The molecule has 1 aliphatic heterocycles. The number of methoxy groups -OCH3 is 1. The number of carbonyl (C=O) groups excluding carboxylic acids is 1. The van der Waals surface area contributed by atoms with Crippen LogP contribution >= 0.6 is 11.6 Å². The molecular formula is C13H16ClNO5S. The molecule has 1 fully saturated rings. The third kappa shape index (κ3) is 3.94. The number of sulfonamides is 1. The third-order valence-electron chi connectivity index (χ3n) is 3.17. The molecule has 1 aromatic carbocycles. The van der Waals surface area contributed by atoms with Crippen molar-refractivity contribution in [1.29, 1.82) is 0 Å². The topological polar surface area (TPSA) is 72.9 Å². The van der Waals surface area contributed by atoms with Crippen LogP contribution in [-0.2, 0) is 24.3 Å². The van der Waals surface area contributed by atoms with Gasteiger partial charge in [0.25, 0.3) is 0 Å². The zero-order chi connectivity index (χ0) is 15.5. The van der Waals surface area contributed by atoms with Gasteiger partial charge in [0.15, 0.2) is 0 Å². The predicted octanol–water partition coefficient (Wildman–Crippen LogP) is 1.29. The van der Waals surface area contributed by atoms with Crippen molar-refractivity contribution < 1.29 is 22.7 Å². The summed E-state index contributed by atoms with van der Waals surface area (Å²) in [4.78, 5) is 11.4. The van der Waals surface area contributed by atoms with Gasteiger partial charge in [-0.25, -0.2) is 8.42 Å². The summed E-state index contributed by atoms with van der Waals surface area (Å²) in [5.74, 6) is -0.425. The van der Waals surface area contributed by atoms with E-state index in [9.17, 15) is 13.2 Å². The summed E-state index contributed by atoms with van der Waals surface area (Å²) in [6.45, 7) is 0.622. The van der Waals surface area contributed by atoms with Crippen LogP contribution in [0.2, 0.25) is 5.02 Å². The lowest BCUT2D eigenvalue weighted by Crippen LogP contribution is -2.46. The number of carbonyl (C=O) groups is 1. The molecule has 0 bridgehead atoms. The average molecular weight is 334 g/mol. The van der Waals surface area contributed by atoms with Gasteiger partial charge in [0, 0.05) is 18.1 Å². The van der Waals surface area contributed by atoms with Crippen molar-refractivity contribution in [3.05, 3.63) is 29.3 Å². The molecule has 116 valence electrons. The number of hydrogen-bond donors (Lipinski definition) is 0. The van der Waals surface area contributed by atoms with E-state index in [-0.39, 0.29) is 31.0 Å². The number of ether oxygens (including phenoxy) is 2. The maximum Gasteiger partial charge on any atom is 0.308 e. The van der Waals surface area contributed by atoms with Gasteiger partial charge in [-0.1, -0.05) is 11.6 Å². The van der Waals surface area contributed by atoms with Crippen molar-refractivity contribution >= 4 is 27.6 Å². The molecule has 1 atom stereocenters. The predicted molar refractivity (Wildman–Crippen MR) is 76.6 cm³/mol. The van der Waals surface area contributed by atoms with E-state index in [1.165, 1.54) is 35.7 Å². The minimum Gasteiger partial charge on any atom is -0.469 e. The SMILES string of the molecule is COC(=O)CC1CN(S(=O)(=O)c2ccc(Cl)cc2)CCO1. The minimum absolute atomic E-state index is 0.0309. The van der Waals surface area contributed by atoms with Crippen LogP contribution in [0.15, 0.2) is 29.2 Å². The van der Waals surface area contributed by atoms with Crippen LogP contribution in [0.3, 0.4) is 0 Å². The van der Waals surface area contributed by atoms with Crippen molar-refractivity contribution in [3.63, 3.8) is 0 Å². The molecule has 0 aromatic heterocycles. The number of hydrogen-bond acceptors (Lipinski definition) is 5. The van der Waals surface area contributed by atoms with Crippen molar-refractivity contribution in [1.82, 2.24) is 4.31 Å². The van der Waals surface area contributed by atoms with Gasteiger partial charge in [-0.3, -0.25) is 4.79 Å². The summed E-state index contributed by atoms with van der Waals surface area (Å²) < 4.78 is 36.3. The summed E-state index contributed by atoms with van der Waals surface area (Å²) in [6, 6.07) is 5.98. The quantitative estimate of drug-likeness (QED) is 0.776. The molecular weight excluding hydrogens is 318 g/mol. The van der Waals surface area contributed by atoms with Crippen LogP contribution in [0, 0.1) is 0 Å². The van der Waals surface area contributed by atoms with Crippen molar-refractivity contribution in [3.8, 4) is 0 Å². The number of esters is 1. The van der Waals surface area contributed by atoms with Gasteiger partial charge in [-0.15, -0.1) is 0 Å². The van der Waals surface area contributed by atoms with Gasteiger partial charge in [-0.05, 0) is 24.3 Å². The van der Waals surface area contributed by atoms with E-state index in [0.717, 1.165) is 0 Å². The maximum absolute atomic E-state index is 12.5. The normalized spacial score (nSPS) is 20.2. The standard InChI is InChI=1S/C13H16ClNO5S/c1-19-13(16)8-11-9-15(6-7-20-11)21(17,18)12-4-2-10(14)3-5-12/h2-5,11H,6-9H2,1H3. The van der Waals surface area contributed by atoms with E-state index in [1.54, 1.807) is 0 Å². The van der Waals surface area contributed by atoms with Gasteiger partial charge in [0.2, 0.25) is 10.0 Å². The van der Waals surface area contributed by atoms with Crippen molar-refractivity contribution in [2.24, 2.45) is 0 Å². The molecule has 0 amide bonds. The number of morpholine rings is 1. The van der Waals surface area contributed by atoms with Gasteiger partial charge in [0.05, 0.1) is 31.1 Å². The second-order valence-electron chi connectivity index (χ2n) is 4.59. The maximum atomic E-state index is 12.5. The Kier molecular flexibility index (Phi) is 5.21. The second kappa shape index (κ2) is 6.74. The summed E-state index contributed by atoms with van der Waals surface area (Å²) in [5, 5.41) is 0.472. The molecule has 2 rings (SSSR count). The largest absolute Gasteiger partial charge is 0.469 e. The van der Waals surface area contributed by atoms with E-state index >= 15 is 0 Å². The highest BCUT2D eigenvalue weighted by Gasteiger charge is 2.31. The van der Waals surface area contributed by atoms with Gasteiger partial charge in [-0.2, -0.15) is 4.31 Å². The first kappa shape index (κ1) is 16.2. The first-order valence-electron chi connectivity index (χ1n) is 6.37. The first-order chi connectivity index (χ1) is 9.93. The van der Waals surface area contributed by atoms with Crippen molar-refractivity contribution in [2.45, 2.75) is 17.4 Å². The van der Waals surface area contributed by atoms with E-state index in [4.69, 9.17) is 16.3 Å². The molecule has 1 saturated heterocycles. The van der Waals surface area contributed by atoms with Gasteiger partial charge < -0.3 is 9.47 Å². The molecule has 8 heteroatoms. The average Bonchev–Trinajstić information content (AvgIpc) is 2.48. The van der Waals surface area contributed by atoms with E-state index in [0.29, 0.717) is 5.02 Å². The van der Waals surface area contributed by atoms with Crippen LogP contribution in [0.1, 0.15) is 6.42 Å². The second-order valence-corrected chi connectivity index (χ2v) is 6.96. The Bertz CT molecular complexity index is 601. The Hall–Kier alpha value is -1.15. The smallest absolute Gasteiger partial charge is 0.308 e. The first-order valence-corrected chi connectivity index (χ1v) is 8.19. The molecule has 0 aliphatic carbocycles. The molecule has 21 heavy (non-hydrogen) atoms. The summed E-state index contributed by atoms with van der Waals surface area (Å²) in [7, 11) is -2.33. The Balaban J connectivity index is 2.12. The van der Waals surface area contributed by atoms with Crippen LogP contribution in [0.5, 0.6) is 0 Å². The molecule has 0 saturated carbocycles. The molecule has 0 spiro atoms. The Labute approximate surface area is 128 Å². The summed E-state index contributed by atoms with van der Waals surface area (Å²) in [6.07, 6.45) is -0.461. The Morgan fingerprint density at radius 1 is 1.43 bits per heavy atom. The molecule has 0 N–H and O–H groups in total. The number of benzene rings is 1. The summed E-state index contributed by atoms with van der Waals surface area (Å²) in [5.41, 5.74) is 0. The van der Waals surface area contributed by atoms with Crippen LogP contribution in [0.25, 0.3) is 0 Å². The zero-order valence-corrected chi connectivity index (χ0v) is 13.1. The summed E-state index contributed by atoms with van der Waals surface area (Å²) >= 11 is 5.76. The van der Waals surface area contributed by atoms with Crippen molar-refractivity contribution in [2.75, 3.05) is 26.8 Å². The molecule has 1 heterocycles. The van der Waals surface area contributed by atoms with Crippen LogP contribution in [-0.4, -0.2) is 51.6 Å². The highest BCUT2D eigenvalue weighted by Crippen LogP contribution is 2.21. The molecule has 0 radical (unpaired) electrons. The number of rotatable bonds is 4. The fraction of sp³-hybridized carbons (Fsp3) is 0.462. The highest BCUT2D eigenvalue weighted by molar-refractivity contribution is 7.89. The Morgan fingerprint density at radius 3 is 2.71 bits per heavy atom. The molecule has 1 unspecified atom stereocenters. The van der Waals surface area contributed by atoms with Gasteiger partial charge in [0.1, 0.15) is 0 Å². The Morgan fingerprint density at radius 2 is 2.10 bits per heavy atom. The van der Waals surface area contributed by atoms with E-state index in [1.807, 2.05) is 0 Å². The highest BCUT2D eigenvalue weighted by atomic mass is 35.5. The monoisotopic (exact) mass is 333 g/mol. The fourth-order valence-electron chi connectivity index (χ4n) is 2.06. The molecule has 1 aliphatic rings. The lowest BCUT2D eigenvalue weighted by atomic mass is 10.2. The zero-order valence-electron chi connectivity index (χ0n) is 11.5. The lowest BCUT2D eigenvalue weighted by molar-refractivity contribution is -0.145. The number of halogens is 1. The van der Waals surface area contributed by atoms with E-state index in [2.05, 4.69) is 4.74 Å². The fourth-order valence-corrected chi connectivity index (χ4v) is 3.64. The number of nitrogens with zero attached hydrogens (tertiary/aromatic N) is 1. The lowest BCUT2D eigenvalue weighted by Gasteiger charge is -2.31. The third-order valence-corrected chi connectivity index (χ3v) is 5.31. The van der Waals surface area contributed by atoms with Crippen LogP contribution in [0.4, 0.5) is 0 Å². The minimum atomic E-state index is -3.61.